The monoisotopic (exact) mass is 287 g/mol. The molecule has 2 aromatic rings. The van der Waals surface area contributed by atoms with E-state index in [1.54, 1.807) is 4.90 Å². The number of pyridine rings is 1. The van der Waals surface area contributed by atoms with Crippen molar-refractivity contribution in [3.05, 3.63) is 36.3 Å². The zero-order valence-electron chi connectivity index (χ0n) is 11.6. The van der Waals surface area contributed by atoms with Gasteiger partial charge in [0.05, 0.1) is 18.0 Å². The molecule has 1 aliphatic rings. The van der Waals surface area contributed by atoms with Gasteiger partial charge in [-0.25, -0.2) is 4.98 Å². The third kappa shape index (κ3) is 2.89. The molecule has 6 heteroatoms. The lowest BCUT2D eigenvalue weighted by molar-refractivity contribution is -0.145. The van der Waals surface area contributed by atoms with Crippen molar-refractivity contribution in [1.82, 2.24) is 14.3 Å². The zero-order chi connectivity index (χ0) is 14.8. The number of carboxylic acids is 1. The van der Waals surface area contributed by atoms with Crippen LogP contribution in [0, 0.1) is 5.92 Å². The summed E-state index contributed by atoms with van der Waals surface area (Å²) in [5.74, 6) is -1.06. The van der Waals surface area contributed by atoms with Crippen molar-refractivity contribution < 1.29 is 14.7 Å². The first kappa shape index (κ1) is 13.6. The normalized spacial score (nSPS) is 16.3. The van der Waals surface area contributed by atoms with E-state index in [2.05, 4.69) is 4.98 Å². The Kier molecular flexibility index (Phi) is 3.60. The number of amides is 1. The molecule has 1 amide bonds. The predicted octanol–water partition coefficient (Wildman–Crippen LogP) is 1.20. The van der Waals surface area contributed by atoms with E-state index in [1.165, 1.54) is 0 Å². The number of piperidine rings is 1. The maximum atomic E-state index is 12.3. The molecule has 0 saturated carbocycles. The number of aliphatic carboxylic acids is 1. The van der Waals surface area contributed by atoms with Gasteiger partial charge in [0.1, 0.15) is 5.65 Å². The van der Waals surface area contributed by atoms with Crippen molar-refractivity contribution in [3.63, 3.8) is 0 Å². The Morgan fingerprint density at radius 2 is 2.05 bits per heavy atom. The number of likely N-dealkylation sites (tertiary alicyclic amines) is 1. The molecule has 0 bridgehead atoms. The van der Waals surface area contributed by atoms with Gasteiger partial charge in [-0.15, -0.1) is 0 Å². The molecule has 6 nitrogen and oxygen atoms in total. The zero-order valence-corrected chi connectivity index (χ0v) is 11.6. The molecule has 1 N–H and O–H groups in total. The lowest BCUT2D eigenvalue weighted by Crippen LogP contribution is -2.41. The van der Waals surface area contributed by atoms with Gasteiger partial charge in [-0.05, 0) is 25.0 Å². The Morgan fingerprint density at radius 1 is 1.29 bits per heavy atom. The van der Waals surface area contributed by atoms with Gasteiger partial charge in [0.2, 0.25) is 5.91 Å². The highest BCUT2D eigenvalue weighted by Crippen LogP contribution is 2.18. The van der Waals surface area contributed by atoms with Gasteiger partial charge in [-0.2, -0.15) is 0 Å². The molecule has 0 unspecified atom stereocenters. The SMILES string of the molecule is O=C(O)C1CCN(C(=O)Cc2cn3ccccc3n2)CC1. The van der Waals surface area contributed by atoms with Crippen molar-refractivity contribution in [1.29, 1.82) is 0 Å². The summed E-state index contributed by atoms with van der Waals surface area (Å²) in [4.78, 5) is 29.3. The molecular formula is C15H17N3O3. The topological polar surface area (TPSA) is 74.9 Å². The minimum atomic E-state index is -0.762. The Morgan fingerprint density at radius 3 is 2.71 bits per heavy atom. The molecule has 110 valence electrons. The van der Waals surface area contributed by atoms with Crippen LogP contribution in [0.15, 0.2) is 30.6 Å². The molecule has 1 fully saturated rings. The number of carbonyl (C=O) groups is 2. The highest BCUT2D eigenvalue weighted by molar-refractivity contribution is 5.79. The second-order valence-corrected chi connectivity index (χ2v) is 5.37. The molecule has 3 rings (SSSR count). The summed E-state index contributed by atoms with van der Waals surface area (Å²) in [6.45, 7) is 1.03. The van der Waals surface area contributed by atoms with E-state index in [4.69, 9.17) is 5.11 Å². The maximum absolute atomic E-state index is 12.3. The molecule has 1 aliphatic heterocycles. The van der Waals surface area contributed by atoms with E-state index < -0.39 is 5.97 Å². The van der Waals surface area contributed by atoms with E-state index in [0.717, 1.165) is 11.3 Å². The molecule has 3 heterocycles. The number of imidazole rings is 1. The van der Waals surface area contributed by atoms with E-state index in [0.29, 0.717) is 25.9 Å². The van der Waals surface area contributed by atoms with Crippen molar-refractivity contribution in [3.8, 4) is 0 Å². The van der Waals surface area contributed by atoms with Gasteiger partial charge in [-0.3, -0.25) is 9.59 Å². The summed E-state index contributed by atoms with van der Waals surface area (Å²) in [6.07, 6.45) is 5.09. The van der Waals surface area contributed by atoms with Crippen LogP contribution < -0.4 is 0 Å². The van der Waals surface area contributed by atoms with Crippen molar-refractivity contribution in [2.45, 2.75) is 19.3 Å². The van der Waals surface area contributed by atoms with Crippen LogP contribution in [0.1, 0.15) is 18.5 Å². The van der Waals surface area contributed by atoms with Crippen LogP contribution in [-0.2, 0) is 16.0 Å². The minimum Gasteiger partial charge on any atom is -0.481 e. The molecule has 0 aliphatic carbocycles. The molecule has 0 atom stereocenters. The van der Waals surface area contributed by atoms with E-state index >= 15 is 0 Å². The van der Waals surface area contributed by atoms with Crippen LogP contribution in [0.2, 0.25) is 0 Å². The van der Waals surface area contributed by atoms with Gasteiger partial charge >= 0.3 is 5.97 Å². The Hall–Kier alpha value is -2.37. The highest BCUT2D eigenvalue weighted by atomic mass is 16.4. The van der Waals surface area contributed by atoms with Crippen molar-refractivity contribution >= 4 is 17.5 Å². The second-order valence-electron chi connectivity index (χ2n) is 5.37. The van der Waals surface area contributed by atoms with Gasteiger partial charge < -0.3 is 14.4 Å². The molecule has 0 radical (unpaired) electrons. The summed E-state index contributed by atoms with van der Waals surface area (Å²) >= 11 is 0. The average Bonchev–Trinajstić information content (AvgIpc) is 2.89. The lowest BCUT2D eigenvalue weighted by Gasteiger charge is -2.30. The van der Waals surface area contributed by atoms with Crippen LogP contribution >= 0.6 is 0 Å². The Bertz CT molecular complexity index is 639. The molecule has 0 aromatic carbocycles. The largest absolute Gasteiger partial charge is 0.481 e. The van der Waals surface area contributed by atoms with Crippen LogP contribution in [-0.4, -0.2) is 44.4 Å². The molecule has 0 spiro atoms. The summed E-state index contributed by atoms with van der Waals surface area (Å²) in [5, 5.41) is 8.96. The lowest BCUT2D eigenvalue weighted by atomic mass is 9.97. The minimum absolute atomic E-state index is 0.0160. The number of fused-ring (bicyclic) bond motifs is 1. The standard InChI is InChI=1S/C15H17N3O3/c19-14(17-7-4-11(5-8-17)15(20)21)9-12-10-18-6-2-1-3-13(18)16-12/h1-3,6,10-11H,4-5,7-9H2,(H,20,21). The van der Waals surface area contributed by atoms with E-state index in [1.807, 2.05) is 35.0 Å². The van der Waals surface area contributed by atoms with Crippen LogP contribution in [0.5, 0.6) is 0 Å². The Labute approximate surface area is 122 Å². The number of rotatable bonds is 3. The van der Waals surface area contributed by atoms with E-state index in [-0.39, 0.29) is 18.2 Å². The fraction of sp³-hybridized carbons (Fsp3) is 0.400. The van der Waals surface area contributed by atoms with E-state index in [9.17, 15) is 9.59 Å². The number of carboxylic acid groups (broad SMARTS) is 1. The fourth-order valence-corrected chi connectivity index (χ4v) is 2.71. The smallest absolute Gasteiger partial charge is 0.306 e. The van der Waals surface area contributed by atoms with Gasteiger partial charge in [-0.1, -0.05) is 6.07 Å². The van der Waals surface area contributed by atoms with Crippen molar-refractivity contribution in [2.75, 3.05) is 13.1 Å². The fourth-order valence-electron chi connectivity index (χ4n) is 2.71. The van der Waals surface area contributed by atoms with Crippen molar-refractivity contribution in [2.24, 2.45) is 5.92 Å². The number of nitrogens with zero attached hydrogens (tertiary/aromatic N) is 3. The van der Waals surface area contributed by atoms with Gasteiger partial charge in [0.25, 0.3) is 0 Å². The molecule has 1 saturated heterocycles. The van der Waals surface area contributed by atoms with Crippen LogP contribution in [0.3, 0.4) is 0 Å². The van der Waals surface area contributed by atoms with Crippen LogP contribution in [0.25, 0.3) is 5.65 Å². The predicted molar refractivity (Wildman–Crippen MR) is 75.8 cm³/mol. The Balaban J connectivity index is 1.63. The maximum Gasteiger partial charge on any atom is 0.306 e. The number of hydrogen-bond acceptors (Lipinski definition) is 3. The quantitative estimate of drug-likeness (QED) is 0.920. The summed E-state index contributed by atoms with van der Waals surface area (Å²) in [7, 11) is 0. The number of carbonyl (C=O) groups excluding carboxylic acids is 1. The van der Waals surface area contributed by atoms with Gasteiger partial charge in [0, 0.05) is 25.5 Å². The first-order valence-corrected chi connectivity index (χ1v) is 7.06. The number of hydrogen-bond donors (Lipinski definition) is 1. The first-order chi connectivity index (χ1) is 10.1. The number of aromatic nitrogens is 2. The third-order valence-electron chi connectivity index (χ3n) is 3.94. The summed E-state index contributed by atoms with van der Waals surface area (Å²) in [6, 6.07) is 5.72. The second kappa shape index (κ2) is 5.55. The molecule has 21 heavy (non-hydrogen) atoms. The summed E-state index contributed by atoms with van der Waals surface area (Å²) < 4.78 is 1.89. The molecule has 2 aromatic heterocycles. The summed E-state index contributed by atoms with van der Waals surface area (Å²) in [5.41, 5.74) is 1.57. The third-order valence-corrected chi connectivity index (χ3v) is 3.94. The van der Waals surface area contributed by atoms with Crippen LogP contribution in [0.4, 0.5) is 0 Å². The van der Waals surface area contributed by atoms with Gasteiger partial charge in [0.15, 0.2) is 0 Å². The average molecular weight is 287 g/mol. The highest BCUT2D eigenvalue weighted by Gasteiger charge is 2.27. The first-order valence-electron chi connectivity index (χ1n) is 7.06. The molecular weight excluding hydrogens is 270 g/mol.